The number of amides is 1. The summed E-state index contributed by atoms with van der Waals surface area (Å²) in [6.07, 6.45) is 0. The third-order valence-corrected chi connectivity index (χ3v) is 4.60. The molecule has 0 saturated carbocycles. The lowest BCUT2D eigenvalue weighted by atomic mass is 10.2. The van der Waals surface area contributed by atoms with Crippen molar-refractivity contribution in [2.24, 2.45) is 4.99 Å². The zero-order chi connectivity index (χ0) is 14.8. The van der Waals surface area contributed by atoms with Crippen LogP contribution in [-0.4, -0.2) is 23.3 Å². The van der Waals surface area contributed by atoms with E-state index in [9.17, 15) is 4.79 Å². The summed E-state index contributed by atoms with van der Waals surface area (Å²) in [6.45, 7) is 2.67. The van der Waals surface area contributed by atoms with Gasteiger partial charge in [-0.05, 0) is 36.1 Å². The number of thiophene rings is 1. The molecule has 1 aromatic heterocycles. The number of nitrogens with one attached hydrogen (secondary N) is 1. The SMILES string of the molecule is Cc1c(Cl)cccc1NC1=NCC(=O)N1Cc1cccs1. The molecular formula is C15H14ClN3OS. The minimum atomic E-state index is 0.00517. The number of carbonyl (C=O) groups excluding carboxylic acids is 1. The summed E-state index contributed by atoms with van der Waals surface area (Å²) in [5, 5.41) is 5.91. The summed E-state index contributed by atoms with van der Waals surface area (Å²) in [5.41, 5.74) is 1.81. The monoisotopic (exact) mass is 319 g/mol. The Balaban J connectivity index is 1.80. The van der Waals surface area contributed by atoms with Gasteiger partial charge < -0.3 is 5.32 Å². The maximum Gasteiger partial charge on any atom is 0.251 e. The number of nitrogens with zero attached hydrogens (tertiary/aromatic N) is 2. The smallest absolute Gasteiger partial charge is 0.251 e. The fourth-order valence-electron chi connectivity index (χ4n) is 2.12. The lowest BCUT2D eigenvalue weighted by Gasteiger charge is -2.19. The lowest BCUT2D eigenvalue weighted by Crippen LogP contribution is -2.36. The van der Waals surface area contributed by atoms with Gasteiger partial charge in [0.2, 0.25) is 5.96 Å². The molecule has 0 fully saturated rings. The van der Waals surface area contributed by atoms with Gasteiger partial charge in [-0.15, -0.1) is 11.3 Å². The standard InChI is InChI=1S/C15H14ClN3OS/c1-10-12(16)5-2-6-13(10)18-15-17-8-14(20)19(15)9-11-4-3-7-21-11/h2-7H,8-9H2,1H3,(H,17,18). The Morgan fingerprint density at radius 1 is 1.38 bits per heavy atom. The van der Waals surface area contributed by atoms with E-state index in [-0.39, 0.29) is 12.5 Å². The molecule has 0 atom stereocenters. The summed E-state index contributed by atoms with van der Waals surface area (Å²) in [6, 6.07) is 9.63. The number of anilines is 1. The molecule has 2 aromatic rings. The van der Waals surface area contributed by atoms with Crippen LogP contribution in [0.4, 0.5) is 5.69 Å². The van der Waals surface area contributed by atoms with Crippen LogP contribution in [0.5, 0.6) is 0 Å². The Morgan fingerprint density at radius 3 is 3.00 bits per heavy atom. The van der Waals surface area contributed by atoms with Crippen LogP contribution in [0, 0.1) is 6.92 Å². The van der Waals surface area contributed by atoms with Crippen LogP contribution in [0.25, 0.3) is 0 Å². The van der Waals surface area contributed by atoms with Gasteiger partial charge in [0, 0.05) is 15.6 Å². The molecule has 2 heterocycles. The van der Waals surface area contributed by atoms with Crippen molar-refractivity contribution >= 4 is 40.5 Å². The largest absolute Gasteiger partial charge is 0.326 e. The summed E-state index contributed by atoms with van der Waals surface area (Å²) in [5.74, 6) is 0.587. The molecule has 1 aliphatic heterocycles. The van der Waals surface area contributed by atoms with Gasteiger partial charge in [0.15, 0.2) is 0 Å². The van der Waals surface area contributed by atoms with E-state index in [1.165, 1.54) is 0 Å². The Kier molecular flexibility index (Phi) is 3.94. The predicted octanol–water partition coefficient (Wildman–Crippen LogP) is 3.52. The van der Waals surface area contributed by atoms with Crippen LogP contribution in [0.3, 0.4) is 0 Å². The summed E-state index contributed by atoms with van der Waals surface area (Å²) >= 11 is 7.75. The van der Waals surface area contributed by atoms with Gasteiger partial charge in [-0.3, -0.25) is 9.69 Å². The highest BCUT2D eigenvalue weighted by atomic mass is 35.5. The first-order chi connectivity index (χ1) is 10.1. The fourth-order valence-corrected chi connectivity index (χ4v) is 2.99. The van der Waals surface area contributed by atoms with Crippen molar-refractivity contribution < 1.29 is 4.79 Å². The van der Waals surface area contributed by atoms with Gasteiger partial charge >= 0.3 is 0 Å². The minimum absolute atomic E-state index is 0.00517. The summed E-state index contributed by atoms with van der Waals surface area (Å²) in [7, 11) is 0. The van der Waals surface area contributed by atoms with Crippen molar-refractivity contribution in [1.29, 1.82) is 0 Å². The Bertz CT molecular complexity index is 697. The molecule has 0 unspecified atom stereocenters. The number of halogens is 1. The molecule has 0 aliphatic carbocycles. The van der Waals surface area contributed by atoms with E-state index in [0.29, 0.717) is 17.5 Å². The molecule has 108 valence electrons. The Morgan fingerprint density at radius 2 is 2.24 bits per heavy atom. The van der Waals surface area contributed by atoms with E-state index in [4.69, 9.17) is 11.6 Å². The van der Waals surface area contributed by atoms with Gasteiger partial charge in [-0.1, -0.05) is 23.7 Å². The van der Waals surface area contributed by atoms with Gasteiger partial charge in [0.05, 0.1) is 6.54 Å². The molecule has 0 saturated heterocycles. The van der Waals surface area contributed by atoms with Gasteiger partial charge in [-0.2, -0.15) is 0 Å². The van der Waals surface area contributed by atoms with Crippen molar-refractivity contribution in [1.82, 2.24) is 4.90 Å². The highest BCUT2D eigenvalue weighted by molar-refractivity contribution is 7.09. The molecule has 0 spiro atoms. The van der Waals surface area contributed by atoms with Crippen LogP contribution in [0.2, 0.25) is 5.02 Å². The first-order valence-corrected chi connectivity index (χ1v) is 7.80. The van der Waals surface area contributed by atoms with E-state index >= 15 is 0 Å². The average Bonchev–Trinajstić information content (AvgIpc) is 3.09. The second-order valence-electron chi connectivity index (χ2n) is 4.74. The number of hydrogen-bond acceptors (Lipinski definition) is 4. The highest BCUT2D eigenvalue weighted by Crippen LogP contribution is 2.24. The summed E-state index contributed by atoms with van der Waals surface area (Å²) < 4.78 is 0. The number of carbonyl (C=O) groups is 1. The lowest BCUT2D eigenvalue weighted by molar-refractivity contribution is -0.125. The highest BCUT2D eigenvalue weighted by Gasteiger charge is 2.26. The van der Waals surface area contributed by atoms with E-state index in [1.54, 1.807) is 16.2 Å². The number of aliphatic imine (C=N–C) groups is 1. The first-order valence-electron chi connectivity index (χ1n) is 6.54. The first kappa shape index (κ1) is 14.1. The van der Waals surface area contributed by atoms with Crippen molar-refractivity contribution in [3.8, 4) is 0 Å². The van der Waals surface area contributed by atoms with Gasteiger partial charge in [0.1, 0.15) is 6.54 Å². The molecule has 1 aliphatic rings. The third-order valence-electron chi connectivity index (χ3n) is 3.33. The Labute approximate surface area is 132 Å². The number of rotatable bonds is 3. The average molecular weight is 320 g/mol. The van der Waals surface area contributed by atoms with E-state index in [0.717, 1.165) is 16.1 Å². The number of benzene rings is 1. The zero-order valence-corrected chi connectivity index (χ0v) is 13.0. The van der Waals surface area contributed by atoms with E-state index in [1.807, 2.05) is 42.6 Å². The van der Waals surface area contributed by atoms with Crippen molar-refractivity contribution in [3.63, 3.8) is 0 Å². The van der Waals surface area contributed by atoms with Crippen LogP contribution in [-0.2, 0) is 11.3 Å². The maximum absolute atomic E-state index is 12.0. The molecular weight excluding hydrogens is 306 g/mol. The quantitative estimate of drug-likeness (QED) is 0.940. The number of hydrogen-bond donors (Lipinski definition) is 1. The predicted molar refractivity (Wildman–Crippen MR) is 87.0 cm³/mol. The van der Waals surface area contributed by atoms with Gasteiger partial charge in [0.25, 0.3) is 5.91 Å². The second kappa shape index (κ2) is 5.87. The van der Waals surface area contributed by atoms with Crippen molar-refractivity contribution in [3.05, 3.63) is 51.2 Å². The molecule has 4 nitrogen and oxygen atoms in total. The van der Waals surface area contributed by atoms with Crippen molar-refractivity contribution in [2.75, 3.05) is 11.9 Å². The molecule has 0 bridgehead atoms. The molecule has 21 heavy (non-hydrogen) atoms. The van der Waals surface area contributed by atoms with Crippen LogP contribution in [0.1, 0.15) is 10.4 Å². The molecule has 0 radical (unpaired) electrons. The van der Waals surface area contributed by atoms with E-state index < -0.39 is 0 Å². The van der Waals surface area contributed by atoms with Crippen LogP contribution in [0.15, 0.2) is 40.7 Å². The van der Waals surface area contributed by atoms with Crippen LogP contribution >= 0.6 is 22.9 Å². The molecule has 1 aromatic carbocycles. The second-order valence-corrected chi connectivity index (χ2v) is 6.18. The van der Waals surface area contributed by atoms with Crippen molar-refractivity contribution in [2.45, 2.75) is 13.5 Å². The molecule has 3 rings (SSSR count). The normalized spacial score (nSPS) is 14.5. The maximum atomic E-state index is 12.0. The minimum Gasteiger partial charge on any atom is -0.326 e. The zero-order valence-electron chi connectivity index (χ0n) is 11.5. The molecule has 1 N–H and O–H groups in total. The van der Waals surface area contributed by atoms with Crippen LogP contribution < -0.4 is 5.32 Å². The van der Waals surface area contributed by atoms with E-state index in [2.05, 4.69) is 10.3 Å². The molecule has 6 heteroatoms. The summed E-state index contributed by atoms with van der Waals surface area (Å²) in [4.78, 5) is 19.1. The number of guanidine groups is 1. The topological polar surface area (TPSA) is 44.7 Å². The molecule has 1 amide bonds. The Hall–Kier alpha value is -1.85. The fraction of sp³-hybridized carbons (Fsp3) is 0.200. The third kappa shape index (κ3) is 2.94. The van der Waals surface area contributed by atoms with Gasteiger partial charge in [-0.25, -0.2) is 4.99 Å².